The average molecular weight is 294 g/mol. The molecule has 21 heavy (non-hydrogen) atoms. The van der Waals surface area contributed by atoms with Gasteiger partial charge in [-0.05, 0) is 38.0 Å². The molecule has 0 aliphatic heterocycles. The lowest BCUT2D eigenvalue weighted by atomic mass is 9.87. The van der Waals surface area contributed by atoms with Crippen molar-refractivity contribution in [1.29, 1.82) is 0 Å². The minimum atomic E-state index is -0.416. The number of esters is 2. The number of carbonyl (C=O) groups is 2. The number of allylic oxidation sites excluding steroid dienone is 1. The second-order valence-electron chi connectivity index (χ2n) is 5.37. The summed E-state index contributed by atoms with van der Waals surface area (Å²) in [5.74, 6) is 0.125. The topological polar surface area (TPSA) is 52.6 Å². The van der Waals surface area contributed by atoms with Gasteiger partial charge in [-0.1, -0.05) is 32.4 Å². The fourth-order valence-corrected chi connectivity index (χ4v) is 2.44. The van der Waals surface area contributed by atoms with Gasteiger partial charge >= 0.3 is 11.9 Å². The first-order valence-corrected chi connectivity index (χ1v) is 7.82. The van der Waals surface area contributed by atoms with E-state index < -0.39 is 5.97 Å². The summed E-state index contributed by atoms with van der Waals surface area (Å²) in [6, 6.07) is 0. The van der Waals surface area contributed by atoms with Crippen molar-refractivity contribution in [3.8, 4) is 0 Å². The molecule has 118 valence electrons. The predicted molar refractivity (Wildman–Crippen MR) is 81.7 cm³/mol. The van der Waals surface area contributed by atoms with Crippen LogP contribution < -0.4 is 0 Å². The van der Waals surface area contributed by atoms with Crippen LogP contribution in [0.15, 0.2) is 24.3 Å². The molecule has 0 aromatic heterocycles. The van der Waals surface area contributed by atoms with E-state index in [4.69, 9.17) is 9.47 Å². The summed E-state index contributed by atoms with van der Waals surface area (Å²) in [5, 5.41) is 0. The van der Waals surface area contributed by atoms with Gasteiger partial charge < -0.3 is 9.47 Å². The third-order valence-electron chi connectivity index (χ3n) is 3.66. The molecule has 1 rings (SSSR count). The van der Waals surface area contributed by atoms with Gasteiger partial charge in [0.25, 0.3) is 0 Å². The highest BCUT2D eigenvalue weighted by Gasteiger charge is 2.18. The van der Waals surface area contributed by atoms with E-state index in [-0.39, 0.29) is 5.97 Å². The highest BCUT2D eigenvalue weighted by molar-refractivity contribution is 5.88. The maximum absolute atomic E-state index is 11.9. The zero-order valence-electron chi connectivity index (χ0n) is 12.9. The monoisotopic (exact) mass is 294 g/mol. The molecule has 0 bridgehead atoms. The maximum Gasteiger partial charge on any atom is 0.333 e. The highest BCUT2D eigenvalue weighted by atomic mass is 16.5. The Hall–Kier alpha value is -1.58. The molecule has 1 atom stereocenters. The fraction of sp³-hybridized carbons (Fsp3) is 0.647. The maximum atomic E-state index is 11.9. The molecule has 0 amide bonds. The van der Waals surface area contributed by atoms with E-state index in [0.29, 0.717) is 26.1 Å². The van der Waals surface area contributed by atoms with Crippen molar-refractivity contribution in [3.63, 3.8) is 0 Å². The van der Waals surface area contributed by atoms with Crippen molar-refractivity contribution in [2.24, 2.45) is 5.92 Å². The Morgan fingerprint density at radius 3 is 2.62 bits per heavy atom. The lowest BCUT2D eigenvalue weighted by Gasteiger charge is -2.20. The summed E-state index contributed by atoms with van der Waals surface area (Å²) in [7, 11) is 0. The van der Waals surface area contributed by atoms with E-state index in [9.17, 15) is 9.59 Å². The van der Waals surface area contributed by atoms with E-state index in [2.05, 4.69) is 13.5 Å². The first-order valence-electron chi connectivity index (χ1n) is 7.82. The lowest BCUT2D eigenvalue weighted by Crippen LogP contribution is -2.14. The Kier molecular flexibility index (Phi) is 8.48. The van der Waals surface area contributed by atoms with Crippen molar-refractivity contribution >= 4 is 11.9 Å². The van der Waals surface area contributed by atoms with Crippen LogP contribution in [0.3, 0.4) is 0 Å². The van der Waals surface area contributed by atoms with Gasteiger partial charge in [-0.25, -0.2) is 9.59 Å². The van der Waals surface area contributed by atoms with Crippen LogP contribution in [-0.4, -0.2) is 25.2 Å². The Balaban J connectivity index is 2.11. The normalized spacial score (nSPS) is 17.8. The van der Waals surface area contributed by atoms with Crippen molar-refractivity contribution in [3.05, 3.63) is 24.3 Å². The molecule has 0 aromatic rings. The van der Waals surface area contributed by atoms with Gasteiger partial charge in [-0.3, -0.25) is 0 Å². The second kappa shape index (κ2) is 10.2. The van der Waals surface area contributed by atoms with Crippen LogP contribution >= 0.6 is 0 Å². The van der Waals surface area contributed by atoms with Crippen LogP contribution in [0.2, 0.25) is 0 Å². The van der Waals surface area contributed by atoms with Crippen molar-refractivity contribution < 1.29 is 19.1 Å². The number of carbonyl (C=O) groups excluding carboxylic acids is 2. The lowest BCUT2D eigenvalue weighted by molar-refractivity contribution is -0.141. The standard InChI is InChI=1S/C17H26O4/c1-3-7-14-8-10-15(11-9-14)17(19)21-13-6-5-12-20-16(18)4-2/h4,10,14H,2-3,5-9,11-13H2,1H3. The smallest absolute Gasteiger partial charge is 0.333 e. The zero-order valence-corrected chi connectivity index (χ0v) is 12.9. The summed E-state index contributed by atoms with van der Waals surface area (Å²) < 4.78 is 10.1. The molecule has 0 saturated carbocycles. The molecule has 0 aromatic carbocycles. The predicted octanol–water partition coefficient (Wildman–Crippen LogP) is 3.57. The van der Waals surface area contributed by atoms with Crippen molar-refractivity contribution in [2.45, 2.75) is 51.9 Å². The minimum Gasteiger partial charge on any atom is -0.463 e. The number of rotatable bonds is 9. The number of hydrogen-bond acceptors (Lipinski definition) is 4. The van der Waals surface area contributed by atoms with Crippen molar-refractivity contribution in [1.82, 2.24) is 0 Å². The van der Waals surface area contributed by atoms with Crippen LogP contribution in [0.4, 0.5) is 0 Å². The van der Waals surface area contributed by atoms with Gasteiger partial charge in [0.1, 0.15) is 0 Å². The van der Waals surface area contributed by atoms with Crippen LogP contribution in [0.25, 0.3) is 0 Å². The Morgan fingerprint density at radius 1 is 1.33 bits per heavy atom. The molecule has 4 heteroatoms. The minimum absolute atomic E-state index is 0.187. The van der Waals surface area contributed by atoms with Gasteiger partial charge in [0.15, 0.2) is 0 Å². The molecule has 0 fully saturated rings. The zero-order chi connectivity index (χ0) is 15.5. The number of hydrogen-bond donors (Lipinski definition) is 0. The number of unbranched alkanes of at least 4 members (excludes halogenated alkanes) is 1. The molecule has 4 nitrogen and oxygen atoms in total. The summed E-state index contributed by atoms with van der Waals surface area (Å²) in [4.78, 5) is 22.7. The molecule has 1 unspecified atom stereocenters. The molecule has 0 radical (unpaired) electrons. The molecular weight excluding hydrogens is 268 g/mol. The molecule has 0 heterocycles. The number of ether oxygens (including phenoxy) is 2. The molecule has 1 aliphatic carbocycles. The van der Waals surface area contributed by atoms with Gasteiger partial charge in [0, 0.05) is 11.6 Å². The first kappa shape index (κ1) is 17.5. The molecule has 0 spiro atoms. The van der Waals surface area contributed by atoms with Crippen LogP contribution in [0, 0.1) is 5.92 Å². The van der Waals surface area contributed by atoms with Crippen LogP contribution in [0.5, 0.6) is 0 Å². The quantitative estimate of drug-likeness (QED) is 0.370. The van der Waals surface area contributed by atoms with E-state index in [1.165, 1.54) is 12.8 Å². The van der Waals surface area contributed by atoms with Crippen LogP contribution in [-0.2, 0) is 19.1 Å². The fourth-order valence-electron chi connectivity index (χ4n) is 2.44. The first-order chi connectivity index (χ1) is 10.2. The van der Waals surface area contributed by atoms with E-state index in [1.807, 2.05) is 6.08 Å². The Bertz CT molecular complexity index is 384. The molecule has 0 N–H and O–H groups in total. The van der Waals surface area contributed by atoms with Gasteiger partial charge in [-0.15, -0.1) is 0 Å². The van der Waals surface area contributed by atoms with E-state index >= 15 is 0 Å². The Morgan fingerprint density at radius 2 is 2.05 bits per heavy atom. The van der Waals surface area contributed by atoms with Crippen LogP contribution in [0.1, 0.15) is 51.9 Å². The Labute approximate surface area is 127 Å². The van der Waals surface area contributed by atoms with E-state index in [1.54, 1.807) is 0 Å². The third-order valence-corrected chi connectivity index (χ3v) is 3.66. The molecular formula is C17H26O4. The third kappa shape index (κ3) is 7.11. The SMILES string of the molecule is C=CC(=O)OCCCCOC(=O)C1=CCC(CCC)CC1. The summed E-state index contributed by atoms with van der Waals surface area (Å²) in [6.45, 7) is 6.22. The van der Waals surface area contributed by atoms with Gasteiger partial charge in [-0.2, -0.15) is 0 Å². The van der Waals surface area contributed by atoms with Crippen molar-refractivity contribution in [2.75, 3.05) is 13.2 Å². The summed E-state index contributed by atoms with van der Waals surface area (Å²) in [5.41, 5.74) is 0.820. The van der Waals surface area contributed by atoms with E-state index in [0.717, 1.165) is 36.8 Å². The second-order valence-corrected chi connectivity index (χ2v) is 5.37. The average Bonchev–Trinajstić information content (AvgIpc) is 2.51. The largest absolute Gasteiger partial charge is 0.463 e. The van der Waals surface area contributed by atoms with Gasteiger partial charge in [0.05, 0.1) is 13.2 Å². The molecule has 0 saturated heterocycles. The summed E-state index contributed by atoms with van der Waals surface area (Å²) in [6.07, 6.45) is 9.92. The summed E-state index contributed by atoms with van der Waals surface area (Å²) >= 11 is 0. The van der Waals surface area contributed by atoms with Gasteiger partial charge in [0.2, 0.25) is 0 Å². The highest BCUT2D eigenvalue weighted by Crippen LogP contribution is 2.27. The molecule has 1 aliphatic rings.